The van der Waals surface area contributed by atoms with Crippen LogP contribution < -0.4 is 5.73 Å². The SMILES string of the molecule is C=C(C)c1cnc(Cl)nc1N. The van der Waals surface area contributed by atoms with E-state index < -0.39 is 0 Å². The number of nitrogen functional groups attached to an aromatic ring is 1. The number of hydrogen-bond acceptors (Lipinski definition) is 3. The van der Waals surface area contributed by atoms with Crippen LogP contribution in [0.25, 0.3) is 5.57 Å². The van der Waals surface area contributed by atoms with Gasteiger partial charge in [0.25, 0.3) is 0 Å². The van der Waals surface area contributed by atoms with E-state index in [4.69, 9.17) is 17.3 Å². The Morgan fingerprint density at radius 3 is 2.82 bits per heavy atom. The zero-order valence-electron chi connectivity index (χ0n) is 6.13. The lowest BCUT2D eigenvalue weighted by atomic mass is 10.2. The predicted molar refractivity (Wildman–Crippen MR) is 46.2 cm³/mol. The van der Waals surface area contributed by atoms with Gasteiger partial charge in [-0.1, -0.05) is 6.58 Å². The number of hydrogen-bond donors (Lipinski definition) is 1. The van der Waals surface area contributed by atoms with Crippen molar-refractivity contribution in [3.8, 4) is 0 Å². The van der Waals surface area contributed by atoms with Crippen molar-refractivity contribution >= 4 is 23.0 Å². The fraction of sp³-hybridized carbons (Fsp3) is 0.143. The zero-order chi connectivity index (χ0) is 8.43. The van der Waals surface area contributed by atoms with Crippen LogP contribution >= 0.6 is 11.6 Å². The molecule has 0 unspecified atom stereocenters. The van der Waals surface area contributed by atoms with Gasteiger partial charge in [-0.3, -0.25) is 0 Å². The van der Waals surface area contributed by atoms with Crippen molar-refractivity contribution in [3.63, 3.8) is 0 Å². The maximum Gasteiger partial charge on any atom is 0.224 e. The van der Waals surface area contributed by atoms with E-state index in [9.17, 15) is 0 Å². The van der Waals surface area contributed by atoms with Crippen LogP contribution in [0.3, 0.4) is 0 Å². The third-order valence-corrected chi connectivity index (χ3v) is 1.43. The highest BCUT2D eigenvalue weighted by atomic mass is 35.5. The Kier molecular flexibility index (Phi) is 2.10. The molecule has 0 atom stereocenters. The highest BCUT2D eigenvalue weighted by Crippen LogP contribution is 2.17. The molecule has 3 nitrogen and oxygen atoms in total. The van der Waals surface area contributed by atoms with Crippen LogP contribution in [0, 0.1) is 0 Å². The quantitative estimate of drug-likeness (QED) is 0.652. The first kappa shape index (κ1) is 8.01. The average Bonchev–Trinajstić information content (AvgIpc) is 1.85. The van der Waals surface area contributed by atoms with Gasteiger partial charge in [0.1, 0.15) is 5.82 Å². The van der Waals surface area contributed by atoms with Gasteiger partial charge in [0.15, 0.2) is 0 Å². The van der Waals surface area contributed by atoms with Crippen molar-refractivity contribution < 1.29 is 0 Å². The van der Waals surface area contributed by atoms with Gasteiger partial charge in [-0.25, -0.2) is 9.97 Å². The average molecular weight is 170 g/mol. The second kappa shape index (κ2) is 2.88. The van der Waals surface area contributed by atoms with Crippen molar-refractivity contribution in [1.29, 1.82) is 0 Å². The molecule has 1 aromatic rings. The maximum atomic E-state index is 5.53. The van der Waals surface area contributed by atoms with Crippen LogP contribution in [-0.2, 0) is 0 Å². The number of allylic oxidation sites excluding steroid dienone is 1. The molecule has 0 fully saturated rings. The van der Waals surface area contributed by atoms with Crippen molar-refractivity contribution in [1.82, 2.24) is 9.97 Å². The Morgan fingerprint density at radius 1 is 1.73 bits per heavy atom. The summed E-state index contributed by atoms with van der Waals surface area (Å²) in [6, 6.07) is 0. The lowest BCUT2D eigenvalue weighted by Gasteiger charge is -2.01. The smallest absolute Gasteiger partial charge is 0.224 e. The standard InChI is InChI=1S/C7H8ClN3/c1-4(2)5-3-10-7(8)11-6(5)9/h3H,1H2,2H3,(H2,9,10,11). The maximum absolute atomic E-state index is 5.53. The number of aromatic nitrogens is 2. The van der Waals surface area contributed by atoms with E-state index in [-0.39, 0.29) is 5.28 Å². The summed E-state index contributed by atoms with van der Waals surface area (Å²) in [7, 11) is 0. The molecule has 0 bridgehead atoms. The molecule has 11 heavy (non-hydrogen) atoms. The Labute approximate surface area is 69.9 Å². The molecule has 1 rings (SSSR count). The Hall–Kier alpha value is -1.09. The molecule has 58 valence electrons. The summed E-state index contributed by atoms with van der Waals surface area (Å²) in [4.78, 5) is 7.54. The molecule has 0 radical (unpaired) electrons. The van der Waals surface area contributed by atoms with E-state index in [0.717, 1.165) is 11.1 Å². The number of anilines is 1. The lowest BCUT2D eigenvalue weighted by molar-refractivity contribution is 1.16. The largest absolute Gasteiger partial charge is 0.383 e. The summed E-state index contributed by atoms with van der Waals surface area (Å²) in [5.74, 6) is 0.373. The minimum atomic E-state index is 0.160. The second-order valence-electron chi connectivity index (χ2n) is 2.22. The summed E-state index contributed by atoms with van der Waals surface area (Å²) in [6.07, 6.45) is 1.56. The number of nitrogens with two attached hydrogens (primary N) is 1. The Morgan fingerprint density at radius 2 is 2.36 bits per heavy atom. The monoisotopic (exact) mass is 169 g/mol. The van der Waals surface area contributed by atoms with Crippen LogP contribution in [0.1, 0.15) is 12.5 Å². The van der Waals surface area contributed by atoms with Gasteiger partial charge in [0.05, 0.1) is 0 Å². The first-order valence-corrected chi connectivity index (χ1v) is 3.43. The zero-order valence-corrected chi connectivity index (χ0v) is 6.89. The lowest BCUT2D eigenvalue weighted by Crippen LogP contribution is -1.97. The Balaban J connectivity index is 3.20. The fourth-order valence-corrected chi connectivity index (χ4v) is 0.841. The molecule has 0 saturated heterocycles. The molecule has 0 aliphatic heterocycles. The predicted octanol–water partition coefficient (Wildman–Crippen LogP) is 1.75. The van der Waals surface area contributed by atoms with Gasteiger partial charge in [0.2, 0.25) is 5.28 Å². The third-order valence-electron chi connectivity index (χ3n) is 1.25. The van der Waals surface area contributed by atoms with E-state index in [1.54, 1.807) is 6.20 Å². The van der Waals surface area contributed by atoms with E-state index in [1.807, 2.05) is 6.92 Å². The van der Waals surface area contributed by atoms with Gasteiger partial charge in [-0.2, -0.15) is 0 Å². The molecule has 1 aromatic heterocycles. The molecular formula is C7H8ClN3. The molecule has 1 heterocycles. The molecule has 4 heteroatoms. The normalized spacial score (nSPS) is 9.64. The van der Waals surface area contributed by atoms with Crippen molar-refractivity contribution in [2.24, 2.45) is 0 Å². The molecule has 2 N–H and O–H groups in total. The number of rotatable bonds is 1. The second-order valence-corrected chi connectivity index (χ2v) is 2.56. The van der Waals surface area contributed by atoms with Crippen LogP contribution in [-0.4, -0.2) is 9.97 Å². The van der Waals surface area contributed by atoms with Gasteiger partial charge in [0, 0.05) is 11.8 Å². The van der Waals surface area contributed by atoms with Gasteiger partial charge in [-0.05, 0) is 24.1 Å². The van der Waals surface area contributed by atoms with E-state index >= 15 is 0 Å². The van der Waals surface area contributed by atoms with Gasteiger partial charge < -0.3 is 5.73 Å². The third kappa shape index (κ3) is 1.68. The molecule has 0 spiro atoms. The molecule has 0 aliphatic rings. The minimum Gasteiger partial charge on any atom is -0.383 e. The highest BCUT2D eigenvalue weighted by molar-refractivity contribution is 6.28. The summed E-state index contributed by atoms with van der Waals surface area (Å²) in [6.45, 7) is 5.55. The first-order valence-electron chi connectivity index (χ1n) is 3.05. The van der Waals surface area contributed by atoms with Crippen LogP contribution in [0.4, 0.5) is 5.82 Å². The van der Waals surface area contributed by atoms with Crippen molar-refractivity contribution in [2.45, 2.75) is 6.92 Å². The fourth-order valence-electron chi connectivity index (χ4n) is 0.701. The van der Waals surface area contributed by atoms with Crippen molar-refractivity contribution in [2.75, 3.05) is 5.73 Å². The van der Waals surface area contributed by atoms with Crippen LogP contribution in [0.2, 0.25) is 5.28 Å². The van der Waals surface area contributed by atoms with Gasteiger partial charge >= 0.3 is 0 Å². The molecule has 0 aromatic carbocycles. The summed E-state index contributed by atoms with van der Waals surface area (Å²) < 4.78 is 0. The topological polar surface area (TPSA) is 51.8 Å². The van der Waals surface area contributed by atoms with Crippen molar-refractivity contribution in [3.05, 3.63) is 23.6 Å². The molecule has 0 amide bonds. The van der Waals surface area contributed by atoms with Crippen LogP contribution in [0.5, 0.6) is 0 Å². The van der Waals surface area contributed by atoms with E-state index in [2.05, 4.69) is 16.5 Å². The van der Waals surface area contributed by atoms with Crippen LogP contribution in [0.15, 0.2) is 12.8 Å². The number of nitrogens with zero attached hydrogens (tertiary/aromatic N) is 2. The van der Waals surface area contributed by atoms with E-state index in [1.165, 1.54) is 0 Å². The minimum absolute atomic E-state index is 0.160. The highest BCUT2D eigenvalue weighted by Gasteiger charge is 2.01. The van der Waals surface area contributed by atoms with E-state index in [0.29, 0.717) is 5.82 Å². The molecule has 0 aliphatic carbocycles. The summed E-state index contributed by atoms with van der Waals surface area (Å²) in [5, 5.41) is 0.160. The Bertz CT molecular complexity index is 296. The van der Waals surface area contributed by atoms with Gasteiger partial charge in [-0.15, -0.1) is 0 Å². The number of halogens is 1. The summed E-state index contributed by atoms with van der Waals surface area (Å²) in [5.41, 5.74) is 7.10. The molecule has 0 saturated carbocycles. The summed E-state index contributed by atoms with van der Waals surface area (Å²) >= 11 is 5.49. The first-order chi connectivity index (χ1) is 5.11. The molecular weight excluding hydrogens is 162 g/mol.